The number of hydrogen-bond acceptors (Lipinski definition) is 3. The van der Waals surface area contributed by atoms with Gasteiger partial charge in [0.1, 0.15) is 0 Å². The van der Waals surface area contributed by atoms with E-state index in [0.29, 0.717) is 0 Å². The summed E-state index contributed by atoms with van der Waals surface area (Å²) in [7, 11) is -5.76. The number of benzene rings is 1. The van der Waals surface area contributed by atoms with Gasteiger partial charge in [0.2, 0.25) is 8.32 Å². The predicted molar refractivity (Wildman–Crippen MR) is 79.8 cm³/mol. The average Bonchev–Trinajstić information content (AvgIpc) is 2.26. The van der Waals surface area contributed by atoms with E-state index in [2.05, 4.69) is 25.7 Å². The Morgan fingerprint density at radius 2 is 1.58 bits per heavy atom. The fourth-order valence-corrected chi connectivity index (χ4v) is 3.25. The van der Waals surface area contributed by atoms with Crippen molar-refractivity contribution in [1.82, 2.24) is 4.89 Å². The molecule has 0 saturated heterocycles. The first-order chi connectivity index (χ1) is 8.46. The molecular weight excluding hydrogens is 278 g/mol. The Balaban J connectivity index is 2.85. The van der Waals surface area contributed by atoms with Crippen LogP contribution in [0.3, 0.4) is 0 Å². The van der Waals surface area contributed by atoms with E-state index >= 15 is 0 Å². The van der Waals surface area contributed by atoms with Crippen LogP contribution in [0.1, 0.15) is 26.3 Å². The van der Waals surface area contributed by atoms with Gasteiger partial charge in [-0.3, -0.25) is 0 Å². The number of aryl methyl sites for hydroxylation is 1. The van der Waals surface area contributed by atoms with E-state index in [1.54, 1.807) is 24.3 Å². The lowest BCUT2D eigenvalue weighted by molar-refractivity contribution is 0.242. The third kappa shape index (κ3) is 4.14. The summed E-state index contributed by atoms with van der Waals surface area (Å²) in [6, 6.07) is 6.68. The molecule has 1 rings (SSSR count). The van der Waals surface area contributed by atoms with Crippen molar-refractivity contribution < 1.29 is 12.9 Å². The van der Waals surface area contributed by atoms with Crippen LogP contribution < -0.4 is 4.89 Å². The van der Waals surface area contributed by atoms with Gasteiger partial charge >= 0.3 is 0 Å². The quantitative estimate of drug-likeness (QED) is 0.686. The van der Waals surface area contributed by atoms with Crippen molar-refractivity contribution in [3.8, 4) is 0 Å². The molecule has 108 valence electrons. The fourth-order valence-electron chi connectivity index (χ4n) is 1.08. The van der Waals surface area contributed by atoms with E-state index in [9.17, 15) is 8.42 Å². The maximum atomic E-state index is 12.1. The molecule has 0 saturated carbocycles. The summed E-state index contributed by atoms with van der Waals surface area (Å²) in [5.74, 6) is 0. The molecule has 0 bridgehead atoms. The molecule has 0 radical (unpaired) electrons. The van der Waals surface area contributed by atoms with Crippen molar-refractivity contribution >= 4 is 18.3 Å². The SMILES string of the molecule is Cc1ccc(S(=O)(=O)NO[Si](C)(C)C(C)(C)C)cc1. The van der Waals surface area contributed by atoms with Gasteiger partial charge in [0.05, 0.1) is 4.90 Å². The zero-order valence-electron chi connectivity index (χ0n) is 12.4. The standard InChI is InChI=1S/C13H23NO3SSi/c1-11-7-9-12(10-8-11)18(15,16)14-17-19(5,6)13(2,3)4/h7-10,14H,1-6H3. The van der Waals surface area contributed by atoms with Crippen molar-refractivity contribution in [2.45, 2.75) is 50.7 Å². The van der Waals surface area contributed by atoms with Crippen LogP contribution in [0.15, 0.2) is 29.2 Å². The second-order valence-electron chi connectivity index (χ2n) is 6.26. The molecule has 1 aromatic rings. The van der Waals surface area contributed by atoms with Gasteiger partial charge in [-0.25, -0.2) is 8.42 Å². The molecule has 0 aliphatic heterocycles. The topological polar surface area (TPSA) is 55.4 Å². The van der Waals surface area contributed by atoms with Crippen LogP contribution in [-0.4, -0.2) is 16.7 Å². The maximum Gasteiger partial charge on any atom is 0.261 e. The Morgan fingerprint density at radius 1 is 1.11 bits per heavy atom. The minimum atomic E-state index is -3.61. The lowest BCUT2D eigenvalue weighted by atomic mass is 10.2. The largest absolute Gasteiger partial charge is 0.331 e. The molecule has 4 nitrogen and oxygen atoms in total. The van der Waals surface area contributed by atoms with E-state index in [-0.39, 0.29) is 9.93 Å². The van der Waals surface area contributed by atoms with Crippen LogP contribution >= 0.6 is 0 Å². The summed E-state index contributed by atoms with van der Waals surface area (Å²) in [6.45, 7) is 12.1. The van der Waals surface area contributed by atoms with Crippen LogP contribution in [0.25, 0.3) is 0 Å². The Labute approximate surface area is 117 Å². The van der Waals surface area contributed by atoms with Crippen LogP contribution in [0, 0.1) is 6.92 Å². The van der Waals surface area contributed by atoms with Gasteiger partial charge in [0.25, 0.3) is 10.0 Å². The number of sulfonamides is 1. The number of nitrogens with one attached hydrogen (secondary N) is 1. The van der Waals surface area contributed by atoms with Crippen LogP contribution in [0.2, 0.25) is 18.1 Å². The fraction of sp³-hybridized carbons (Fsp3) is 0.538. The van der Waals surface area contributed by atoms with E-state index in [4.69, 9.17) is 4.53 Å². The summed E-state index contributed by atoms with van der Waals surface area (Å²) in [5, 5.41) is -0.0528. The second kappa shape index (κ2) is 5.36. The summed E-state index contributed by atoms with van der Waals surface area (Å²) >= 11 is 0. The highest BCUT2D eigenvalue weighted by atomic mass is 32.2. The molecule has 0 spiro atoms. The third-order valence-corrected chi connectivity index (χ3v) is 9.11. The average molecular weight is 301 g/mol. The molecule has 19 heavy (non-hydrogen) atoms. The van der Waals surface area contributed by atoms with Crippen molar-refractivity contribution in [2.24, 2.45) is 0 Å². The highest BCUT2D eigenvalue weighted by Gasteiger charge is 2.39. The minimum absolute atomic E-state index is 0.0528. The first-order valence-electron chi connectivity index (χ1n) is 6.22. The lowest BCUT2D eigenvalue weighted by Gasteiger charge is -2.35. The summed E-state index contributed by atoms with van der Waals surface area (Å²) in [4.78, 5) is 2.49. The number of rotatable bonds is 4. The van der Waals surface area contributed by atoms with Crippen molar-refractivity contribution in [1.29, 1.82) is 0 Å². The highest BCUT2D eigenvalue weighted by Crippen LogP contribution is 2.36. The summed E-state index contributed by atoms with van der Waals surface area (Å²) in [5.41, 5.74) is 1.02. The molecular formula is C13H23NO3SSi. The van der Waals surface area contributed by atoms with Crippen LogP contribution in [0.4, 0.5) is 0 Å². The van der Waals surface area contributed by atoms with Gasteiger partial charge in [-0.15, -0.1) is 4.89 Å². The van der Waals surface area contributed by atoms with Gasteiger partial charge in [-0.2, -0.15) is 0 Å². The monoisotopic (exact) mass is 301 g/mol. The summed E-state index contributed by atoms with van der Waals surface area (Å²) < 4.78 is 29.8. The van der Waals surface area contributed by atoms with Crippen molar-refractivity contribution in [2.75, 3.05) is 0 Å². The molecule has 0 amide bonds. The zero-order valence-corrected chi connectivity index (χ0v) is 14.3. The maximum absolute atomic E-state index is 12.1. The molecule has 0 unspecified atom stereocenters. The summed E-state index contributed by atoms with van der Waals surface area (Å²) in [6.07, 6.45) is 0. The first kappa shape index (κ1) is 16.4. The van der Waals surface area contributed by atoms with Crippen molar-refractivity contribution in [3.63, 3.8) is 0 Å². The Morgan fingerprint density at radius 3 is 2.00 bits per heavy atom. The van der Waals surface area contributed by atoms with E-state index in [1.165, 1.54) is 0 Å². The van der Waals surface area contributed by atoms with Crippen LogP contribution in [-0.2, 0) is 14.6 Å². The normalized spacial score (nSPS) is 13.6. The molecule has 0 fully saturated rings. The van der Waals surface area contributed by atoms with Gasteiger partial charge in [0, 0.05) is 0 Å². The molecule has 6 heteroatoms. The van der Waals surface area contributed by atoms with Crippen LogP contribution in [0.5, 0.6) is 0 Å². The molecule has 0 aliphatic rings. The molecule has 0 heterocycles. The first-order valence-corrected chi connectivity index (χ1v) is 10.6. The van der Waals surface area contributed by atoms with Gasteiger partial charge in [-0.05, 0) is 37.2 Å². The Bertz CT molecular complexity index is 530. The van der Waals surface area contributed by atoms with E-state index < -0.39 is 18.3 Å². The smallest absolute Gasteiger partial charge is 0.261 e. The van der Waals surface area contributed by atoms with E-state index in [0.717, 1.165) is 5.56 Å². The van der Waals surface area contributed by atoms with E-state index in [1.807, 2.05) is 20.0 Å². The minimum Gasteiger partial charge on any atom is -0.331 e. The van der Waals surface area contributed by atoms with Gasteiger partial charge < -0.3 is 4.53 Å². The van der Waals surface area contributed by atoms with Crippen molar-refractivity contribution in [3.05, 3.63) is 29.8 Å². The Hall–Kier alpha value is -0.693. The number of hydrogen-bond donors (Lipinski definition) is 1. The zero-order chi connectivity index (χ0) is 14.9. The third-order valence-electron chi connectivity index (χ3n) is 3.54. The molecule has 0 aromatic heterocycles. The Kier molecular flexibility index (Phi) is 4.61. The predicted octanol–water partition coefficient (Wildman–Crippen LogP) is 3.21. The molecule has 1 aromatic carbocycles. The highest BCUT2D eigenvalue weighted by molar-refractivity contribution is 7.89. The molecule has 1 N–H and O–H groups in total. The van der Waals surface area contributed by atoms with Gasteiger partial charge in [-0.1, -0.05) is 38.5 Å². The lowest BCUT2D eigenvalue weighted by Crippen LogP contribution is -2.46. The molecule has 0 aliphatic carbocycles. The molecule has 0 atom stereocenters. The second-order valence-corrected chi connectivity index (χ2v) is 12.6. The van der Waals surface area contributed by atoms with Gasteiger partial charge in [0.15, 0.2) is 0 Å².